The minimum Gasteiger partial charge on any atom is -0.493 e. The largest absolute Gasteiger partial charge is 0.493 e. The number of hydrogen-bond donors (Lipinski definition) is 5. The molecule has 3 aromatic carbocycles. The fourth-order valence-corrected chi connectivity index (χ4v) is 13.1. The normalized spacial score (nSPS) is 17.2. The molecule has 1 aliphatic carbocycles. The van der Waals surface area contributed by atoms with Crippen molar-refractivity contribution in [2.24, 2.45) is 5.41 Å². The maximum Gasteiger partial charge on any atom is 0.355 e. The number of aromatic carboxylic acids is 1. The standard InChI is InChI=1S/C59H70FN9O10S3/c1-34-49(80-33-62-34)36-17-18-37(30-61-52(73)43-29-38(70)31-69(43)53(74)50(58(2,3)4)65-55(77)59(60)23-24-59)44(28-36)79-27-10-9-16-47(71)67(5)25-22-39(78-6)19-20-46-48(54(75)76)64-57(82-46)68-26-21-35-12-11-13-40(41(35)32-68)51(72)66-56-63-42-14-7-8-15-45(42)81-56/h7-8,11-15,17-18,28,33,38-39,43,50,70H,9-10,16,19-27,29-32H2,1-6H3,(H,61,73)(H,65,77)(H,75,76)(H,63,66,72)/t38-,39?,43+,50-/m1/s1. The van der Waals surface area contributed by atoms with E-state index in [4.69, 9.17) is 9.47 Å². The highest BCUT2D eigenvalue weighted by molar-refractivity contribution is 7.22. The van der Waals surface area contributed by atoms with Gasteiger partial charge in [-0.1, -0.05) is 68.5 Å². The number of ether oxygens (including phenoxy) is 2. The van der Waals surface area contributed by atoms with E-state index in [1.807, 2.05) is 66.4 Å². The maximum absolute atomic E-state index is 14.7. The number of para-hydroxylation sites is 1. The number of carboxylic acid groups (broad SMARTS) is 1. The summed E-state index contributed by atoms with van der Waals surface area (Å²) in [5, 5.41) is 30.5. The van der Waals surface area contributed by atoms with Gasteiger partial charge in [-0.25, -0.2) is 24.1 Å². The van der Waals surface area contributed by atoms with E-state index < -0.39 is 53.0 Å². The molecule has 3 aromatic heterocycles. The van der Waals surface area contributed by atoms with Crippen LogP contribution in [0.4, 0.5) is 14.7 Å². The van der Waals surface area contributed by atoms with Crippen LogP contribution in [0.15, 0.2) is 66.2 Å². The number of rotatable bonds is 24. The van der Waals surface area contributed by atoms with Crippen LogP contribution in [-0.4, -0.2) is 141 Å². The molecule has 436 valence electrons. The smallest absolute Gasteiger partial charge is 0.355 e. The van der Waals surface area contributed by atoms with Gasteiger partial charge in [0.2, 0.25) is 17.7 Å². The highest BCUT2D eigenvalue weighted by Gasteiger charge is 2.53. The molecule has 4 atom stereocenters. The zero-order valence-corrected chi connectivity index (χ0v) is 49.4. The molecule has 19 nitrogen and oxygen atoms in total. The number of aliphatic hydroxyl groups excluding tert-OH is 1. The lowest BCUT2D eigenvalue weighted by Gasteiger charge is -2.35. The molecule has 0 bridgehead atoms. The number of β-amino-alcohol motifs (C(OH)–C–C–N with tert-alkyl or cyclic N) is 1. The van der Waals surface area contributed by atoms with E-state index in [0.717, 1.165) is 37.5 Å². The lowest BCUT2D eigenvalue weighted by Crippen LogP contribution is -2.59. The van der Waals surface area contributed by atoms with Crippen LogP contribution in [0.5, 0.6) is 5.75 Å². The van der Waals surface area contributed by atoms with Crippen LogP contribution in [0.3, 0.4) is 0 Å². The van der Waals surface area contributed by atoms with Gasteiger partial charge in [-0.3, -0.25) is 29.3 Å². The molecule has 3 aliphatic rings. The Balaban J connectivity index is 0.749. The number of amides is 5. The molecule has 1 unspecified atom stereocenters. The van der Waals surface area contributed by atoms with Crippen molar-refractivity contribution in [3.8, 4) is 16.2 Å². The summed E-state index contributed by atoms with van der Waals surface area (Å²) in [6.07, 6.45) is 2.40. The number of hydrogen-bond acceptors (Lipinski definition) is 16. The maximum atomic E-state index is 14.7. The van der Waals surface area contributed by atoms with Crippen molar-refractivity contribution in [2.75, 3.05) is 50.6 Å². The monoisotopic (exact) mass is 1180 g/mol. The first-order valence-electron chi connectivity index (χ1n) is 27.6. The SMILES string of the molecule is COC(CCc1sc(N2CCc3cccc(C(=O)Nc4nc5ccccc5s4)c3C2)nc1C(=O)O)CCN(C)C(=O)CCCCOc1cc(-c2scnc2C)ccc1CNC(=O)[C@@H]1C[C@@H](O)CN1C(=O)[C@@H](NC(=O)C1(F)CC1)C(C)(C)C. The van der Waals surface area contributed by atoms with Crippen molar-refractivity contribution in [2.45, 2.75) is 135 Å². The Morgan fingerprint density at radius 3 is 2.51 bits per heavy atom. The average Bonchev–Trinajstić information content (AvgIpc) is 3.94. The lowest BCUT2D eigenvalue weighted by molar-refractivity contribution is -0.145. The zero-order valence-electron chi connectivity index (χ0n) is 46.9. The molecule has 2 aliphatic heterocycles. The highest BCUT2D eigenvalue weighted by Crippen LogP contribution is 2.41. The van der Waals surface area contributed by atoms with Crippen LogP contribution < -0.4 is 25.6 Å². The topological polar surface area (TPSA) is 246 Å². The van der Waals surface area contributed by atoms with Crippen molar-refractivity contribution in [1.29, 1.82) is 0 Å². The number of carbonyl (C=O) groups is 6. The van der Waals surface area contributed by atoms with Gasteiger partial charge in [0, 0.05) is 75.7 Å². The van der Waals surface area contributed by atoms with E-state index in [2.05, 4.69) is 30.9 Å². The molecule has 9 rings (SSSR count). The number of fused-ring (bicyclic) bond motifs is 2. The number of alkyl halides is 1. The molecule has 5 N–H and O–H groups in total. The van der Waals surface area contributed by atoms with Crippen LogP contribution in [-0.2, 0) is 49.8 Å². The zero-order chi connectivity index (χ0) is 58.5. The highest BCUT2D eigenvalue weighted by atomic mass is 32.1. The molecule has 6 aromatic rings. The van der Waals surface area contributed by atoms with Crippen molar-refractivity contribution >= 4 is 90.0 Å². The van der Waals surface area contributed by atoms with E-state index in [1.54, 1.807) is 51.4 Å². The summed E-state index contributed by atoms with van der Waals surface area (Å²) in [4.78, 5) is 100. The van der Waals surface area contributed by atoms with Crippen molar-refractivity contribution < 1.29 is 52.8 Å². The van der Waals surface area contributed by atoms with Crippen LogP contribution in [0.25, 0.3) is 20.7 Å². The molecule has 0 spiro atoms. The quantitative estimate of drug-likeness (QED) is 0.0358. The van der Waals surface area contributed by atoms with Crippen LogP contribution >= 0.6 is 34.0 Å². The van der Waals surface area contributed by atoms with Crippen molar-refractivity contribution in [1.82, 2.24) is 35.4 Å². The summed E-state index contributed by atoms with van der Waals surface area (Å²) in [6.45, 7) is 8.78. The summed E-state index contributed by atoms with van der Waals surface area (Å²) in [5.41, 5.74) is 4.61. The van der Waals surface area contributed by atoms with Gasteiger partial charge in [-0.05, 0) is 105 Å². The number of halogens is 1. The first-order valence-corrected chi connectivity index (χ1v) is 30.2. The van der Waals surface area contributed by atoms with Crippen LogP contribution in [0, 0.1) is 12.3 Å². The number of aliphatic hydroxyl groups is 1. The summed E-state index contributed by atoms with van der Waals surface area (Å²) in [5.74, 6) is -2.82. The fraction of sp³-hybridized carbons (Fsp3) is 0.475. The number of methoxy groups -OCH3 is 1. The molecular formula is C59H70FN9O10S3. The Bertz CT molecular complexity index is 3300. The minimum absolute atomic E-state index is 0.00504. The van der Waals surface area contributed by atoms with E-state index in [0.29, 0.717) is 90.2 Å². The number of nitrogens with one attached hydrogen (secondary N) is 3. The lowest BCUT2D eigenvalue weighted by atomic mass is 9.85. The number of aromatic nitrogens is 3. The Kier molecular flexibility index (Phi) is 18.7. The average molecular weight is 1180 g/mol. The van der Waals surface area contributed by atoms with Gasteiger partial charge >= 0.3 is 5.97 Å². The molecule has 82 heavy (non-hydrogen) atoms. The number of anilines is 2. The fourth-order valence-electron chi connectivity index (χ4n) is 10.3. The Morgan fingerprint density at radius 2 is 1.79 bits per heavy atom. The Hall–Kier alpha value is -6.92. The summed E-state index contributed by atoms with van der Waals surface area (Å²) >= 11 is 4.23. The van der Waals surface area contributed by atoms with Crippen molar-refractivity contribution in [3.63, 3.8) is 0 Å². The second kappa shape index (κ2) is 25.7. The van der Waals surface area contributed by atoms with Gasteiger partial charge in [-0.15, -0.1) is 22.7 Å². The van der Waals surface area contributed by atoms with Gasteiger partial charge in [0.05, 0.1) is 45.1 Å². The van der Waals surface area contributed by atoms with E-state index in [1.165, 1.54) is 38.9 Å². The Labute approximate surface area is 487 Å². The number of thiazole rings is 3. The van der Waals surface area contributed by atoms with Gasteiger partial charge in [0.25, 0.3) is 11.8 Å². The Morgan fingerprint density at radius 1 is 1.00 bits per heavy atom. The van der Waals surface area contributed by atoms with Gasteiger partial charge < -0.3 is 45.0 Å². The first-order chi connectivity index (χ1) is 39.2. The van der Waals surface area contributed by atoms with Gasteiger partial charge in [0.15, 0.2) is 21.6 Å². The molecule has 5 heterocycles. The first kappa shape index (κ1) is 59.7. The predicted molar refractivity (Wildman–Crippen MR) is 313 cm³/mol. The second-order valence-corrected chi connectivity index (χ2v) is 25.3. The number of carbonyl (C=O) groups excluding carboxylic acids is 5. The predicted octanol–water partition coefficient (Wildman–Crippen LogP) is 8.35. The molecule has 1 saturated carbocycles. The minimum atomic E-state index is -2.00. The van der Waals surface area contributed by atoms with E-state index >= 15 is 0 Å². The molecular weight excluding hydrogens is 1110 g/mol. The number of unbranched alkanes of at least 4 members (excludes halogenated alkanes) is 1. The third-order valence-electron chi connectivity index (χ3n) is 15.3. The van der Waals surface area contributed by atoms with Crippen molar-refractivity contribution in [3.05, 3.63) is 105 Å². The van der Waals surface area contributed by atoms with E-state index in [-0.39, 0.29) is 69.0 Å². The molecule has 1 saturated heterocycles. The third kappa shape index (κ3) is 14.1. The van der Waals surface area contributed by atoms with Crippen LogP contribution in [0.1, 0.15) is 120 Å². The van der Waals surface area contributed by atoms with Gasteiger partial charge in [0.1, 0.15) is 17.8 Å². The third-order valence-corrected chi connectivity index (χ3v) is 18.5. The van der Waals surface area contributed by atoms with Gasteiger partial charge in [-0.2, -0.15) is 0 Å². The number of carboxylic acids is 1. The second-order valence-electron chi connectivity index (χ2n) is 22.4. The molecule has 5 amide bonds. The van der Waals surface area contributed by atoms with E-state index in [9.17, 15) is 43.4 Å². The van der Waals surface area contributed by atoms with Crippen LogP contribution in [0.2, 0.25) is 0 Å². The molecule has 2 fully saturated rings. The summed E-state index contributed by atoms with van der Waals surface area (Å²) < 4.78 is 27.9. The summed E-state index contributed by atoms with van der Waals surface area (Å²) in [7, 11) is 3.36. The number of likely N-dealkylation sites (tertiary alicyclic amines) is 1. The number of aryl methyl sites for hydroxylation is 2. The number of nitrogens with zero attached hydrogens (tertiary/aromatic N) is 6. The molecule has 23 heteroatoms. The summed E-state index contributed by atoms with van der Waals surface area (Å²) in [6, 6.07) is 16.9. The molecule has 0 radical (unpaired) electrons. The number of benzene rings is 3.